The average molecular weight is 380 g/mol. The number of benzene rings is 1. The molecular formula is C19H16N4O3S. The zero-order valence-corrected chi connectivity index (χ0v) is 15.5. The Morgan fingerprint density at radius 1 is 1.22 bits per heavy atom. The van der Waals surface area contributed by atoms with Gasteiger partial charge in [-0.2, -0.15) is 5.10 Å². The van der Waals surface area contributed by atoms with Crippen LogP contribution in [0.1, 0.15) is 18.7 Å². The van der Waals surface area contributed by atoms with Crippen LogP contribution < -0.4 is 10.9 Å². The number of carbonyl (C=O) groups is 1. The molecule has 4 aromatic rings. The molecule has 3 heterocycles. The van der Waals surface area contributed by atoms with Crippen LogP contribution in [0.5, 0.6) is 0 Å². The highest BCUT2D eigenvalue weighted by Gasteiger charge is 2.22. The highest BCUT2D eigenvalue weighted by molar-refractivity contribution is 7.13. The van der Waals surface area contributed by atoms with E-state index in [-0.39, 0.29) is 5.56 Å². The molecule has 136 valence electrons. The molecule has 0 spiro atoms. The minimum absolute atomic E-state index is 0.302. The highest BCUT2D eigenvalue weighted by Crippen LogP contribution is 2.28. The lowest BCUT2D eigenvalue weighted by Gasteiger charge is -2.15. The predicted molar refractivity (Wildman–Crippen MR) is 104 cm³/mol. The van der Waals surface area contributed by atoms with E-state index in [4.69, 9.17) is 4.52 Å². The molecule has 7 nitrogen and oxygen atoms in total. The highest BCUT2D eigenvalue weighted by atomic mass is 32.1. The Hall–Kier alpha value is -3.26. The third-order valence-electron chi connectivity index (χ3n) is 4.21. The second-order valence-electron chi connectivity index (χ2n) is 6.11. The van der Waals surface area contributed by atoms with Crippen LogP contribution in [-0.2, 0) is 4.79 Å². The first kappa shape index (κ1) is 17.2. The zero-order valence-electron chi connectivity index (χ0n) is 14.7. The number of carbonyl (C=O) groups excluding carboxylic acids is 1. The lowest BCUT2D eigenvalue weighted by atomic mass is 10.1. The molecule has 0 unspecified atom stereocenters. The number of aryl methyl sites for hydroxylation is 1. The number of hydrogen-bond acceptors (Lipinski definition) is 6. The van der Waals surface area contributed by atoms with Crippen LogP contribution in [0.3, 0.4) is 0 Å². The van der Waals surface area contributed by atoms with Crippen molar-refractivity contribution in [3.63, 3.8) is 0 Å². The molecule has 0 bridgehead atoms. The van der Waals surface area contributed by atoms with Gasteiger partial charge in [-0.25, -0.2) is 4.68 Å². The maximum absolute atomic E-state index is 12.9. The largest absolute Gasteiger partial charge is 0.360 e. The number of nitrogens with one attached hydrogen (secondary N) is 1. The molecule has 0 saturated heterocycles. The normalized spacial score (nSPS) is 12.2. The van der Waals surface area contributed by atoms with Crippen molar-refractivity contribution in [3.05, 3.63) is 64.0 Å². The summed E-state index contributed by atoms with van der Waals surface area (Å²) in [6, 6.07) is 11.9. The monoisotopic (exact) mass is 380 g/mol. The number of aromatic nitrogens is 3. The van der Waals surface area contributed by atoms with Crippen LogP contribution in [-0.4, -0.2) is 20.8 Å². The molecule has 27 heavy (non-hydrogen) atoms. The molecule has 1 atom stereocenters. The lowest BCUT2D eigenvalue weighted by molar-refractivity contribution is -0.119. The van der Waals surface area contributed by atoms with Crippen molar-refractivity contribution in [1.29, 1.82) is 0 Å². The van der Waals surface area contributed by atoms with Gasteiger partial charge in [0.05, 0.1) is 10.3 Å². The lowest BCUT2D eigenvalue weighted by Crippen LogP contribution is -2.34. The van der Waals surface area contributed by atoms with E-state index >= 15 is 0 Å². The minimum Gasteiger partial charge on any atom is -0.360 e. The van der Waals surface area contributed by atoms with Gasteiger partial charge in [0.15, 0.2) is 5.82 Å². The van der Waals surface area contributed by atoms with Crippen LogP contribution in [0.25, 0.3) is 21.3 Å². The minimum atomic E-state index is -0.821. The van der Waals surface area contributed by atoms with E-state index in [2.05, 4.69) is 15.6 Å². The molecule has 4 rings (SSSR count). The number of rotatable bonds is 4. The van der Waals surface area contributed by atoms with Crippen LogP contribution in [0.2, 0.25) is 0 Å². The SMILES string of the molecule is Cc1cc(NC(=O)[C@@H](C)n2nc(-c3cccs3)c3ccccc3c2=O)no1. The molecule has 1 amide bonds. The van der Waals surface area contributed by atoms with Crippen LogP contribution in [0, 0.1) is 6.92 Å². The Kier molecular flexibility index (Phi) is 4.33. The van der Waals surface area contributed by atoms with Crippen LogP contribution in [0.15, 0.2) is 57.2 Å². The van der Waals surface area contributed by atoms with E-state index in [1.165, 1.54) is 16.0 Å². The van der Waals surface area contributed by atoms with Gasteiger partial charge in [0.25, 0.3) is 5.56 Å². The number of thiophene rings is 1. The molecule has 0 saturated carbocycles. The number of nitrogens with zero attached hydrogens (tertiary/aromatic N) is 3. The van der Waals surface area contributed by atoms with Gasteiger partial charge < -0.3 is 9.84 Å². The first-order chi connectivity index (χ1) is 13.0. The van der Waals surface area contributed by atoms with Gasteiger partial charge in [-0.1, -0.05) is 29.4 Å². The fraction of sp³-hybridized carbons (Fsp3) is 0.158. The van der Waals surface area contributed by atoms with E-state index in [0.29, 0.717) is 22.7 Å². The zero-order chi connectivity index (χ0) is 19.0. The Morgan fingerprint density at radius 2 is 2.00 bits per heavy atom. The summed E-state index contributed by atoms with van der Waals surface area (Å²) in [5, 5.41) is 14.2. The third-order valence-corrected chi connectivity index (χ3v) is 5.09. The first-order valence-corrected chi connectivity index (χ1v) is 9.22. The number of amides is 1. The summed E-state index contributed by atoms with van der Waals surface area (Å²) in [5.41, 5.74) is 0.363. The summed E-state index contributed by atoms with van der Waals surface area (Å²) in [6.45, 7) is 3.36. The van der Waals surface area contributed by atoms with Gasteiger partial charge >= 0.3 is 0 Å². The average Bonchev–Trinajstić information content (AvgIpc) is 3.34. The summed E-state index contributed by atoms with van der Waals surface area (Å²) >= 11 is 1.53. The van der Waals surface area contributed by atoms with Crippen molar-refractivity contribution in [2.45, 2.75) is 19.9 Å². The molecule has 3 aromatic heterocycles. The summed E-state index contributed by atoms with van der Waals surface area (Å²) < 4.78 is 6.17. The third kappa shape index (κ3) is 3.15. The number of hydrogen-bond donors (Lipinski definition) is 1. The smallest absolute Gasteiger partial charge is 0.275 e. The van der Waals surface area contributed by atoms with Crippen molar-refractivity contribution in [3.8, 4) is 10.6 Å². The van der Waals surface area contributed by atoms with E-state index in [1.54, 1.807) is 32.0 Å². The fourth-order valence-electron chi connectivity index (χ4n) is 2.83. The van der Waals surface area contributed by atoms with Gasteiger partial charge in [-0.3, -0.25) is 9.59 Å². The van der Waals surface area contributed by atoms with Gasteiger partial charge in [-0.15, -0.1) is 11.3 Å². The summed E-state index contributed by atoms with van der Waals surface area (Å²) in [6.07, 6.45) is 0. The maximum atomic E-state index is 12.9. The molecular weight excluding hydrogens is 364 g/mol. The topological polar surface area (TPSA) is 90.0 Å². The number of fused-ring (bicyclic) bond motifs is 1. The Labute approximate surface area is 158 Å². The molecule has 1 N–H and O–H groups in total. The second-order valence-corrected chi connectivity index (χ2v) is 7.06. The Bertz CT molecular complexity index is 1180. The molecule has 8 heteroatoms. The molecule has 1 aromatic carbocycles. The van der Waals surface area contributed by atoms with E-state index in [9.17, 15) is 9.59 Å². The van der Waals surface area contributed by atoms with E-state index in [1.807, 2.05) is 29.6 Å². The Morgan fingerprint density at radius 3 is 2.67 bits per heavy atom. The van der Waals surface area contributed by atoms with Crippen molar-refractivity contribution < 1.29 is 9.32 Å². The van der Waals surface area contributed by atoms with Gasteiger partial charge in [0, 0.05) is 11.5 Å². The first-order valence-electron chi connectivity index (χ1n) is 8.34. The van der Waals surface area contributed by atoms with E-state index in [0.717, 1.165) is 10.3 Å². The molecule has 0 aliphatic rings. The van der Waals surface area contributed by atoms with Crippen molar-refractivity contribution >= 4 is 33.8 Å². The van der Waals surface area contributed by atoms with Gasteiger partial charge in [0.2, 0.25) is 5.91 Å². The fourth-order valence-corrected chi connectivity index (χ4v) is 3.55. The van der Waals surface area contributed by atoms with Crippen LogP contribution >= 0.6 is 11.3 Å². The summed E-state index contributed by atoms with van der Waals surface area (Å²) in [5.74, 6) is 0.487. The summed E-state index contributed by atoms with van der Waals surface area (Å²) in [4.78, 5) is 26.5. The number of anilines is 1. The molecule has 0 aliphatic heterocycles. The molecule has 0 fully saturated rings. The van der Waals surface area contributed by atoms with Crippen molar-refractivity contribution in [2.24, 2.45) is 0 Å². The van der Waals surface area contributed by atoms with Crippen molar-refractivity contribution in [2.75, 3.05) is 5.32 Å². The molecule has 0 radical (unpaired) electrons. The van der Waals surface area contributed by atoms with E-state index < -0.39 is 11.9 Å². The van der Waals surface area contributed by atoms with Crippen molar-refractivity contribution in [1.82, 2.24) is 14.9 Å². The van der Waals surface area contributed by atoms with Crippen LogP contribution in [0.4, 0.5) is 5.82 Å². The second kappa shape index (κ2) is 6.81. The van der Waals surface area contributed by atoms with Gasteiger partial charge in [-0.05, 0) is 31.4 Å². The quantitative estimate of drug-likeness (QED) is 0.584. The molecule has 0 aliphatic carbocycles. The summed E-state index contributed by atoms with van der Waals surface area (Å²) in [7, 11) is 0. The van der Waals surface area contributed by atoms with Gasteiger partial charge in [0.1, 0.15) is 17.5 Å². The maximum Gasteiger partial charge on any atom is 0.275 e. The Balaban J connectivity index is 1.80. The predicted octanol–water partition coefficient (Wildman–Crippen LogP) is 3.62. The standard InChI is InChI=1S/C19H16N4O3S/c1-11-10-16(22-26-11)20-18(24)12(2)23-19(25)14-7-4-3-6-13(14)17(21-23)15-8-5-9-27-15/h3-10,12H,1-2H3,(H,20,22,24)/t12-/m1/s1.